The molecule has 0 aliphatic carbocycles. The van der Waals surface area contributed by atoms with Gasteiger partial charge in [0.05, 0.1) is 44.9 Å². The van der Waals surface area contributed by atoms with Gasteiger partial charge in [-0.3, -0.25) is 9.59 Å². The highest BCUT2D eigenvalue weighted by Crippen LogP contribution is 2.29. The molecule has 8 nitrogen and oxygen atoms in total. The molecule has 10 heteroatoms. The number of hydrogen-bond acceptors (Lipinski definition) is 8. The Hall–Kier alpha value is -3.24. The summed E-state index contributed by atoms with van der Waals surface area (Å²) in [5.41, 5.74) is 1.82. The number of thiazole rings is 1. The molecule has 2 N–H and O–H groups in total. The predicted molar refractivity (Wildman–Crippen MR) is 126 cm³/mol. The number of ether oxygens (including phenoxy) is 3. The number of carbonyl (C=O) groups is 2. The van der Waals surface area contributed by atoms with Crippen molar-refractivity contribution in [2.75, 3.05) is 37.7 Å². The first kappa shape index (κ1) is 23.4. The fourth-order valence-corrected chi connectivity index (χ4v) is 4.38. The minimum Gasteiger partial charge on any atom is -0.497 e. The molecule has 0 spiro atoms. The maximum Gasteiger partial charge on any atom is 0.234 e. The highest BCUT2D eigenvalue weighted by Gasteiger charge is 2.13. The van der Waals surface area contributed by atoms with Crippen molar-refractivity contribution in [1.29, 1.82) is 0 Å². The van der Waals surface area contributed by atoms with Crippen LogP contribution in [0.2, 0.25) is 0 Å². The lowest BCUT2D eigenvalue weighted by Gasteiger charge is -2.11. The van der Waals surface area contributed by atoms with Crippen LogP contribution in [-0.2, 0) is 16.0 Å². The summed E-state index contributed by atoms with van der Waals surface area (Å²) >= 11 is 2.71. The summed E-state index contributed by atoms with van der Waals surface area (Å²) < 4.78 is 16.3. The number of rotatable bonds is 10. The Bertz CT molecular complexity index is 1090. The summed E-state index contributed by atoms with van der Waals surface area (Å²) in [6.45, 7) is 0. The molecule has 168 valence electrons. The van der Waals surface area contributed by atoms with Gasteiger partial charge >= 0.3 is 0 Å². The second-order valence-corrected chi connectivity index (χ2v) is 8.55. The zero-order valence-corrected chi connectivity index (χ0v) is 19.5. The monoisotopic (exact) mass is 473 g/mol. The number of anilines is 2. The zero-order chi connectivity index (χ0) is 22.9. The van der Waals surface area contributed by atoms with E-state index in [0.717, 1.165) is 0 Å². The van der Waals surface area contributed by atoms with Gasteiger partial charge in [0, 0.05) is 23.2 Å². The quantitative estimate of drug-likeness (QED) is 0.428. The molecule has 3 rings (SSSR count). The lowest BCUT2D eigenvalue weighted by Crippen LogP contribution is -2.15. The smallest absolute Gasteiger partial charge is 0.234 e. The Balaban J connectivity index is 1.51. The first-order valence-corrected chi connectivity index (χ1v) is 11.4. The molecule has 0 aliphatic rings. The number of benzene rings is 2. The molecule has 0 atom stereocenters. The molecule has 1 aromatic heterocycles. The van der Waals surface area contributed by atoms with Gasteiger partial charge < -0.3 is 24.8 Å². The second-order valence-electron chi connectivity index (χ2n) is 6.46. The van der Waals surface area contributed by atoms with Crippen LogP contribution in [0.5, 0.6) is 17.2 Å². The number of nitrogens with one attached hydrogen (secondary N) is 2. The summed E-state index contributed by atoms with van der Waals surface area (Å²) in [7, 11) is 4.66. The minimum absolute atomic E-state index is 0.105. The molecule has 2 amide bonds. The SMILES string of the molecule is COc1cccc(NC(=O)CSc2nc(CC(=O)Nc3cc(OC)ccc3OC)cs2)c1. The van der Waals surface area contributed by atoms with E-state index >= 15 is 0 Å². The zero-order valence-electron chi connectivity index (χ0n) is 17.8. The number of hydrogen-bond donors (Lipinski definition) is 2. The highest BCUT2D eigenvalue weighted by atomic mass is 32.2. The van der Waals surface area contributed by atoms with E-state index in [1.54, 1.807) is 50.6 Å². The van der Waals surface area contributed by atoms with Crippen LogP contribution in [0.25, 0.3) is 0 Å². The van der Waals surface area contributed by atoms with Crippen molar-refractivity contribution in [2.24, 2.45) is 0 Å². The molecule has 32 heavy (non-hydrogen) atoms. The second kappa shape index (κ2) is 11.4. The summed E-state index contributed by atoms with van der Waals surface area (Å²) in [6, 6.07) is 12.3. The molecule has 0 saturated heterocycles. The van der Waals surface area contributed by atoms with E-state index in [9.17, 15) is 9.59 Å². The summed E-state index contributed by atoms with van der Waals surface area (Å²) in [5.74, 6) is 1.65. The van der Waals surface area contributed by atoms with Gasteiger partial charge in [-0.15, -0.1) is 11.3 Å². The van der Waals surface area contributed by atoms with Crippen LogP contribution in [0.3, 0.4) is 0 Å². The van der Waals surface area contributed by atoms with Gasteiger partial charge in [-0.25, -0.2) is 4.98 Å². The van der Waals surface area contributed by atoms with E-state index in [-0.39, 0.29) is 24.0 Å². The fourth-order valence-electron chi connectivity index (χ4n) is 2.73. The number of methoxy groups -OCH3 is 3. The van der Waals surface area contributed by atoms with Crippen molar-refractivity contribution in [3.05, 3.63) is 53.5 Å². The van der Waals surface area contributed by atoms with Crippen LogP contribution in [0, 0.1) is 0 Å². The number of nitrogens with zero attached hydrogens (tertiary/aromatic N) is 1. The molecular weight excluding hydrogens is 450 g/mol. The van der Waals surface area contributed by atoms with Crippen LogP contribution in [-0.4, -0.2) is 43.9 Å². The van der Waals surface area contributed by atoms with Crippen LogP contribution in [0.4, 0.5) is 11.4 Å². The average molecular weight is 474 g/mol. The topological polar surface area (TPSA) is 98.8 Å². The Morgan fingerprint density at radius 2 is 1.75 bits per heavy atom. The largest absolute Gasteiger partial charge is 0.497 e. The van der Waals surface area contributed by atoms with Gasteiger partial charge in [0.1, 0.15) is 17.2 Å². The van der Waals surface area contributed by atoms with Crippen LogP contribution in [0.15, 0.2) is 52.2 Å². The molecule has 0 fully saturated rings. The predicted octanol–water partition coefficient (Wildman–Crippen LogP) is 4.08. The molecule has 0 saturated carbocycles. The maximum atomic E-state index is 12.5. The third-order valence-corrected chi connectivity index (χ3v) is 6.30. The molecule has 0 bridgehead atoms. The van der Waals surface area contributed by atoms with E-state index in [1.165, 1.54) is 30.2 Å². The van der Waals surface area contributed by atoms with E-state index in [2.05, 4.69) is 15.6 Å². The number of aromatic nitrogens is 1. The van der Waals surface area contributed by atoms with Crippen molar-refractivity contribution >= 4 is 46.3 Å². The molecule has 1 heterocycles. The molecule has 2 aromatic carbocycles. The van der Waals surface area contributed by atoms with Crippen LogP contribution in [0.1, 0.15) is 5.69 Å². The maximum absolute atomic E-state index is 12.5. The van der Waals surface area contributed by atoms with E-state index in [4.69, 9.17) is 14.2 Å². The third-order valence-electron chi connectivity index (χ3n) is 4.23. The average Bonchev–Trinajstić information content (AvgIpc) is 3.24. The van der Waals surface area contributed by atoms with E-state index in [1.807, 2.05) is 11.4 Å². The van der Waals surface area contributed by atoms with Gasteiger partial charge in [0.2, 0.25) is 11.8 Å². The third kappa shape index (κ3) is 6.63. The van der Waals surface area contributed by atoms with Gasteiger partial charge in [-0.2, -0.15) is 0 Å². The van der Waals surface area contributed by atoms with Gasteiger partial charge in [-0.05, 0) is 24.3 Å². The van der Waals surface area contributed by atoms with Crippen molar-refractivity contribution < 1.29 is 23.8 Å². The van der Waals surface area contributed by atoms with Gasteiger partial charge in [-0.1, -0.05) is 17.8 Å². The van der Waals surface area contributed by atoms with E-state index < -0.39 is 0 Å². The van der Waals surface area contributed by atoms with Gasteiger partial charge in [0.15, 0.2) is 4.34 Å². The number of amides is 2. The van der Waals surface area contributed by atoms with E-state index in [0.29, 0.717) is 38.7 Å². The standard InChI is InChI=1S/C22H23N3O5S2/c1-28-16-6-4-5-14(9-16)23-21(27)13-32-22-24-15(12-31-22)10-20(26)25-18-11-17(29-2)7-8-19(18)30-3/h4-9,11-12H,10,13H2,1-3H3,(H,23,27)(H,25,26). The Morgan fingerprint density at radius 1 is 0.969 bits per heavy atom. The molecule has 3 aromatic rings. The van der Waals surface area contributed by atoms with Crippen molar-refractivity contribution in [3.8, 4) is 17.2 Å². The lowest BCUT2D eigenvalue weighted by molar-refractivity contribution is -0.116. The highest BCUT2D eigenvalue weighted by molar-refractivity contribution is 8.01. The molecular formula is C22H23N3O5S2. The van der Waals surface area contributed by atoms with Crippen LogP contribution < -0.4 is 24.8 Å². The number of carbonyl (C=O) groups excluding carboxylic acids is 2. The molecule has 0 aliphatic heterocycles. The Kier molecular flexibility index (Phi) is 8.34. The van der Waals surface area contributed by atoms with Gasteiger partial charge in [0.25, 0.3) is 0 Å². The van der Waals surface area contributed by atoms with Crippen LogP contribution >= 0.6 is 23.1 Å². The normalized spacial score (nSPS) is 10.3. The molecule has 0 radical (unpaired) electrons. The first-order valence-electron chi connectivity index (χ1n) is 9.53. The van der Waals surface area contributed by atoms with Crippen molar-refractivity contribution in [1.82, 2.24) is 4.98 Å². The number of thioether (sulfide) groups is 1. The fraction of sp³-hybridized carbons (Fsp3) is 0.227. The summed E-state index contributed by atoms with van der Waals surface area (Å²) in [6.07, 6.45) is 0.105. The van der Waals surface area contributed by atoms with Crippen molar-refractivity contribution in [2.45, 2.75) is 10.8 Å². The van der Waals surface area contributed by atoms with Crippen molar-refractivity contribution in [3.63, 3.8) is 0 Å². The lowest BCUT2D eigenvalue weighted by atomic mass is 10.2. The first-order chi connectivity index (χ1) is 15.5. The minimum atomic E-state index is -0.228. The molecule has 0 unspecified atom stereocenters. The Morgan fingerprint density at radius 3 is 2.50 bits per heavy atom. The Labute approximate surface area is 194 Å². The summed E-state index contributed by atoms with van der Waals surface area (Å²) in [4.78, 5) is 29.1. The summed E-state index contributed by atoms with van der Waals surface area (Å²) in [5, 5.41) is 7.45.